The first kappa shape index (κ1) is 25.1. The normalized spacial score (nSPS) is 12.6. The van der Waals surface area contributed by atoms with Crippen LogP contribution < -0.4 is 5.32 Å². The summed E-state index contributed by atoms with van der Waals surface area (Å²) in [5.41, 5.74) is 0.604. The van der Waals surface area contributed by atoms with Crippen LogP contribution >= 0.6 is 23.2 Å². The van der Waals surface area contributed by atoms with E-state index in [1.54, 1.807) is 38.1 Å². The lowest BCUT2D eigenvalue weighted by molar-refractivity contribution is -0.147. The van der Waals surface area contributed by atoms with Crippen molar-refractivity contribution >= 4 is 45.1 Å². The number of carbonyl (C=O) groups excluding carboxylic acids is 2. The van der Waals surface area contributed by atoms with E-state index in [0.717, 1.165) is 4.31 Å². The van der Waals surface area contributed by atoms with Crippen LogP contribution in [0.5, 0.6) is 0 Å². The topological polar surface area (TPSA) is 92.8 Å². The Morgan fingerprint density at radius 3 is 2.29 bits per heavy atom. The Balaban J connectivity index is 2.38. The molecule has 1 N–H and O–H groups in total. The molecule has 1 amide bonds. The van der Waals surface area contributed by atoms with Crippen LogP contribution in [0.2, 0.25) is 10.0 Å². The maximum absolute atomic E-state index is 12.9. The van der Waals surface area contributed by atoms with Crippen LogP contribution in [0.4, 0.5) is 0 Å². The summed E-state index contributed by atoms with van der Waals surface area (Å²) in [6, 6.07) is 9.97. The fourth-order valence-corrected chi connectivity index (χ4v) is 4.42. The summed E-state index contributed by atoms with van der Waals surface area (Å²) < 4.78 is 31.2. The minimum Gasteiger partial charge on any atom is -0.463 e. The van der Waals surface area contributed by atoms with E-state index in [-0.39, 0.29) is 28.0 Å². The summed E-state index contributed by atoms with van der Waals surface area (Å²) in [6.07, 6.45) is -0.463. The van der Waals surface area contributed by atoms with Crippen LogP contribution in [-0.2, 0) is 19.6 Å². The van der Waals surface area contributed by atoms with E-state index in [1.807, 2.05) is 0 Å². The summed E-state index contributed by atoms with van der Waals surface area (Å²) in [5, 5.41) is 3.11. The van der Waals surface area contributed by atoms with Gasteiger partial charge in [-0.3, -0.25) is 9.59 Å². The number of ether oxygens (including phenoxy) is 1. The molecule has 0 fully saturated rings. The highest BCUT2D eigenvalue weighted by Gasteiger charge is 2.25. The molecule has 0 saturated carbocycles. The SMILES string of the molecule is CC(C)OC(=O)CC(NC(=O)c1ccc(Cl)c(S(=O)(=O)N(C)C)c1)c1ccccc1Cl. The minimum absolute atomic E-state index is 0.00610. The fourth-order valence-electron chi connectivity index (χ4n) is 2.75. The maximum atomic E-state index is 12.9. The number of carbonyl (C=O) groups is 2. The molecular formula is C21H24Cl2N2O5S. The number of hydrogen-bond acceptors (Lipinski definition) is 5. The van der Waals surface area contributed by atoms with E-state index in [0.29, 0.717) is 10.6 Å². The molecule has 0 radical (unpaired) electrons. The van der Waals surface area contributed by atoms with Crippen molar-refractivity contribution in [3.63, 3.8) is 0 Å². The molecule has 31 heavy (non-hydrogen) atoms. The van der Waals surface area contributed by atoms with Crippen molar-refractivity contribution in [1.29, 1.82) is 0 Å². The average molecular weight is 487 g/mol. The van der Waals surface area contributed by atoms with Crippen molar-refractivity contribution in [2.24, 2.45) is 0 Å². The highest BCUT2D eigenvalue weighted by Crippen LogP contribution is 2.28. The van der Waals surface area contributed by atoms with Crippen LogP contribution in [0.15, 0.2) is 47.4 Å². The number of nitrogens with one attached hydrogen (secondary N) is 1. The fraction of sp³-hybridized carbons (Fsp3) is 0.333. The van der Waals surface area contributed by atoms with Crippen molar-refractivity contribution in [3.05, 3.63) is 63.6 Å². The van der Waals surface area contributed by atoms with E-state index in [9.17, 15) is 18.0 Å². The van der Waals surface area contributed by atoms with Gasteiger partial charge in [0.15, 0.2) is 0 Å². The third-order valence-electron chi connectivity index (χ3n) is 4.28. The van der Waals surface area contributed by atoms with E-state index in [2.05, 4.69) is 5.32 Å². The smallest absolute Gasteiger partial charge is 0.308 e. The standard InChI is InChI=1S/C21H24Cl2N2O5S/c1-13(2)30-20(26)12-18(15-7-5-6-8-16(15)22)24-21(27)14-9-10-17(23)19(11-14)31(28,29)25(3)4/h5-11,13,18H,12H2,1-4H3,(H,24,27). The summed E-state index contributed by atoms with van der Waals surface area (Å²) in [4.78, 5) is 25.0. The van der Waals surface area contributed by atoms with Crippen LogP contribution in [0, 0.1) is 0 Å². The highest BCUT2D eigenvalue weighted by atomic mass is 35.5. The van der Waals surface area contributed by atoms with Gasteiger partial charge in [-0.05, 0) is 43.7 Å². The van der Waals surface area contributed by atoms with E-state index in [1.165, 1.54) is 32.3 Å². The maximum Gasteiger partial charge on any atom is 0.308 e. The third kappa shape index (κ3) is 6.43. The summed E-state index contributed by atoms with van der Waals surface area (Å²) >= 11 is 12.3. The lowest BCUT2D eigenvalue weighted by Gasteiger charge is -2.21. The summed E-state index contributed by atoms with van der Waals surface area (Å²) in [6.45, 7) is 3.45. The number of nitrogens with zero attached hydrogens (tertiary/aromatic N) is 1. The Labute approximate surface area is 192 Å². The van der Waals surface area contributed by atoms with E-state index >= 15 is 0 Å². The molecule has 2 aromatic rings. The zero-order valence-electron chi connectivity index (χ0n) is 17.6. The van der Waals surface area contributed by atoms with Crippen LogP contribution in [-0.4, -0.2) is 44.8 Å². The molecule has 168 valence electrons. The van der Waals surface area contributed by atoms with Gasteiger partial charge in [0.05, 0.1) is 23.6 Å². The predicted octanol–water partition coefficient (Wildman–Crippen LogP) is 4.06. The quantitative estimate of drug-likeness (QED) is 0.567. The van der Waals surface area contributed by atoms with Gasteiger partial charge in [-0.2, -0.15) is 0 Å². The molecule has 0 aliphatic heterocycles. The molecule has 1 unspecified atom stereocenters. The number of esters is 1. The number of benzene rings is 2. The van der Waals surface area contributed by atoms with Crippen LogP contribution in [0.3, 0.4) is 0 Å². The third-order valence-corrected chi connectivity index (χ3v) is 6.92. The molecule has 2 rings (SSSR count). The molecule has 10 heteroatoms. The molecule has 0 aliphatic rings. The first-order valence-electron chi connectivity index (χ1n) is 9.40. The van der Waals surface area contributed by atoms with Gasteiger partial charge in [-0.25, -0.2) is 12.7 Å². The molecule has 1 atom stereocenters. The Kier molecular flexibility index (Phi) is 8.48. The molecule has 0 aliphatic carbocycles. The van der Waals surface area contributed by atoms with E-state index in [4.69, 9.17) is 27.9 Å². The number of hydrogen-bond donors (Lipinski definition) is 1. The van der Waals surface area contributed by atoms with Gasteiger partial charge in [0.25, 0.3) is 5.91 Å². The monoisotopic (exact) mass is 486 g/mol. The largest absolute Gasteiger partial charge is 0.463 e. The second-order valence-corrected chi connectivity index (χ2v) is 10.2. The van der Waals surface area contributed by atoms with Gasteiger partial charge in [0, 0.05) is 24.7 Å². The van der Waals surface area contributed by atoms with Crippen molar-refractivity contribution in [2.45, 2.75) is 37.3 Å². The number of amides is 1. The lowest BCUT2D eigenvalue weighted by atomic mass is 10.0. The van der Waals surface area contributed by atoms with Gasteiger partial charge in [0.2, 0.25) is 10.0 Å². The van der Waals surface area contributed by atoms with Crippen molar-refractivity contribution in [3.8, 4) is 0 Å². The minimum atomic E-state index is -3.86. The zero-order valence-corrected chi connectivity index (χ0v) is 19.9. The highest BCUT2D eigenvalue weighted by molar-refractivity contribution is 7.89. The molecule has 0 saturated heterocycles. The second kappa shape index (κ2) is 10.5. The Hall–Kier alpha value is -2.13. The zero-order chi connectivity index (χ0) is 23.3. The molecule has 0 spiro atoms. The number of rotatable bonds is 8. The van der Waals surface area contributed by atoms with Crippen molar-refractivity contribution < 1.29 is 22.7 Å². The average Bonchev–Trinajstić information content (AvgIpc) is 2.67. The van der Waals surface area contributed by atoms with Crippen LogP contribution in [0.25, 0.3) is 0 Å². The lowest BCUT2D eigenvalue weighted by Crippen LogP contribution is -2.31. The Bertz CT molecular complexity index is 1070. The molecule has 0 bridgehead atoms. The molecule has 0 aromatic heterocycles. The van der Waals surface area contributed by atoms with Gasteiger partial charge in [0.1, 0.15) is 4.90 Å². The predicted molar refractivity (Wildman–Crippen MR) is 120 cm³/mol. The summed E-state index contributed by atoms with van der Waals surface area (Å²) in [5.74, 6) is -1.10. The van der Waals surface area contributed by atoms with Gasteiger partial charge < -0.3 is 10.1 Å². The Morgan fingerprint density at radius 1 is 1.06 bits per heavy atom. The molecule has 0 heterocycles. The molecule has 2 aromatic carbocycles. The first-order chi connectivity index (χ1) is 14.4. The molecular weight excluding hydrogens is 463 g/mol. The van der Waals surface area contributed by atoms with Gasteiger partial charge in [-0.15, -0.1) is 0 Å². The van der Waals surface area contributed by atoms with Crippen LogP contribution in [0.1, 0.15) is 42.2 Å². The van der Waals surface area contributed by atoms with Gasteiger partial charge in [-0.1, -0.05) is 41.4 Å². The van der Waals surface area contributed by atoms with Crippen molar-refractivity contribution in [2.75, 3.05) is 14.1 Å². The molecule has 7 nitrogen and oxygen atoms in total. The number of sulfonamides is 1. The van der Waals surface area contributed by atoms with E-state index < -0.39 is 27.9 Å². The summed E-state index contributed by atoms with van der Waals surface area (Å²) in [7, 11) is -1.12. The number of halogens is 2. The first-order valence-corrected chi connectivity index (χ1v) is 11.6. The second-order valence-electron chi connectivity index (χ2n) is 7.22. The van der Waals surface area contributed by atoms with Crippen molar-refractivity contribution in [1.82, 2.24) is 9.62 Å². The Morgan fingerprint density at radius 2 is 1.71 bits per heavy atom. The van der Waals surface area contributed by atoms with Gasteiger partial charge >= 0.3 is 5.97 Å².